The molecule has 0 spiro atoms. The van der Waals surface area contributed by atoms with Gasteiger partial charge in [-0.3, -0.25) is 0 Å². The summed E-state index contributed by atoms with van der Waals surface area (Å²) in [7, 11) is 1.52. The minimum atomic E-state index is -0.327. The van der Waals surface area contributed by atoms with Crippen molar-refractivity contribution < 1.29 is 9.13 Å². The Kier molecular flexibility index (Phi) is 3.35. The van der Waals surface area contributed by atoms with Gasteiger partial charge in [-0.05, 0) is 28.1 Å². The van der Waals surface area contributed by atoms with E-state index in [1.54, 1.807) is 6.07 Å². The summed E-state index contributed by atoms with van der Waals surface area (Å²) in [5.41, 5.74) is 0.653. The second kappa shape index (κ2) is 4.10. The van der Waals surface area contributed by atoms with Gasteiger partial charge in [0.25, 0.3) is 0 Å². The summed E-state index contributed by atoms with van der Waals surface area (Å²) in [6.45, 7) is 0. The first-order valence-corrected chi connectivity index (χ1v) is 4.59. The predicted octanol–water partition coefficient (Wildman–Crippen LogP) is 3.34. The number of alkyl halides is 1. The minimum Gasteiger partial charge on any atom is -0.496 e. The zero-order chi connectivity index (χ0) is 9.14. The van der Waals surface area contributed by atoms with E-state index in [9.17, 15) is 4.39 Å². The van der Waals surface area contributed by atoms with Crippen LogP contribution in [0, 0.1) is 5.82 Å². The maximum Gasteiger partial charge on any atom is 0.137 e. The van der Waals surface area contributed by atoms with Gasteiger partial charge in [-0.25, -0.2) is 4.39 Å². The first-order chi connectivity index (χ1) is 5.69. The molecule has 66 valence electrons. The molecule has 0 unspecified atom stereocenters. The van der Waals surface area contributed by atoms with Crippen molar-refractivity contribution >= 4 is 27.5 Å². The third kappa shape index (κ3) is 1.90. The Hall–Kier alpha value is -0.280. The third-order valence-electron chi connectivity index (χ3n) is 1.47. The van der Waals surface area contributed by atoms with Crippen molar-refractivity contribution in [1.29, 1.82) is 0 Å². The molecule has 0 radical (unpaired) electrons. The third-order valence-corrected chi connectivity index (χ3v) is 2.36. The number of ether oxygens (including phenoxy) is 1. The van der Waals surface area contributed by atoms with Gasteiger partial charge in [-0.2, -0.15) is 0 Å². The predicted molar refractivity (Wildman–Crippen MR) is 50.2 cm³/mol. The lowest BCUT2D eigenvalue weighted by Gasteiger charge is -2.06. The molecule has 0 aliphatic heterocycles. The highest BCUT2D eigenvalue weighted by Gasteiger charge is 2.07. The Balaban J connectivity index is 3.19. The first kappa shape index (κ1) is 9.81. The largest absolute Gasteiger partial charge is 0.496 e. The van der Waals surface area contributed by atoms with E-state index in [4.69, 9.17) is 16.3 Å². The van der Waals surface area contributed by atoms with E-state index in [2.05, 4.69) is 15.9 Å². The Morgan fingerprint density at radius 2 is 2.25 bits per heavy atom. The lowest BCUT2D eigenvalue weighted by Crippen LogP contribution is -1.91. The van der Waals surface area contributed by atoms with E-state index >= 15 is 0 Å². The van der Waals surface area contributed by atoms with Gasteiger partial charge < -0.3 is 4.74 Å². The summed E-state index contributed by atoms with van der Waals surface area (Å²) in [5, 5.41) is 0. The molecular formula is C8H7BrClFO. The lowest BCUT2D eigenvalue weighted by molar-refractivity contribution is 0.409. The van der Waals surface area contributed by atoms with Crippen molar-refractivity contribution in [3.05, 3.63) is 28.0 Å². The van der Waals surface area contributed by atoms with Gasteiger partial charge >= 0.3 is 0 Å². The van der Waals surface area contributed by atoms with Gasteiger partial charge in [-0.15, -0.1) is 11.6 Å². The molecule has 0 atom stereocenters. The summed E-state index contributed by atoms with van der Waals surface area (Å²) in [6, 6.07) is 2.92. The molecule has 1 aromatic rings. The van der Waals surface area contributed by atoms with Crippen molar-refractivity contribution in [2.45, 2.75) is 5.88 Å². The number of benzene rings is 1. The van der Waals surface area contributed by atoms with Crippen molar-refractivity contribution in [2.24, 2.45) is 0 Å². The van der Waals surface area contributed by atoms with Crippen molar-refractivity contribution in [1.82, 2.24) is 0 Å². The average molecular weight is 253 g/mol. The van der Waals surface area contributed by atoms with Crippen LogP contribution in [0.4, 0.5) is 4.39 Å². The van der Waals surface area contributed by atoms with Gasteiger partial charge in [0.1, 0.15) is 11.6 Å². The van der Waals surface area contributed by atoms with Gasteiger partial charge in [0.05, 0.1) is 17.5 Å². The van der Waals surface area contributed by atoms with Crippen molar-refractivity contribution in [3.8, 4) is 5.75 Å². The van der Waals surface area contributed by atoms with Crippen LogP contribution in [0.25, 0.3) is 0 Å². The highest BCUT2D eigenvalue weighted by molar-refractivity contribution is 9.10. The first-order valence-electron chi connectivity index (χ1n) is 3.27. The van der Waals surface area contributed by atoms with Gasteiger partial charge in [0.2, 0.25) is 0 Å². The molecule has 1 aromatic carbocycles. The quantitative estimate of drug-likeness (QED) is 0.735. The number of rotatable bonds is 2. The fraction of sp³-hybridized carbons (Fsp3) is 0.250. The number of halogens is 3. The molecule has 1 rings (SSSR count). The summed E-state index contributed by atoms with van der Waals surface area (Å²) < 4.78 is 18.3. The SMILES string of the molecule is COc1cc(Br)c(F)cc1CCl. The summed E-state index contributed by atoms with van der Waals surface area (Å²) in [6.07, 6.45) is 0. The van der Waals surface area contributed by atoms with Crippen LogP contribution < -0.4 is 4.74 Å². The van der Waals surface area contributed by atoms with Crippen LogP contribution in [0.5, 0.6) is 5.75 Å². The molecular weight excluding hydrogens is 246 g/mol. The van der Waals surface area contributed by atoms with Crippen molar-refractivity contribution in [3.63, 3.8) is 0 Å². The average Bonchev–Trinajstić information content (AvgIpc) is 2.09. The molecule has 12 heavy (non-hydrogen) atoms. The summed E-state index contributed by atoms with van der Waals surface area (Å²) in [4.78, 5) is 0. The molecule has 0 heterocycles. The van der Waals surface area contributed by atoms with Gasteiger partial charge in [-0.1, -0.05) is 0 Å². The zero-order valence-electron chi connectivity index (χ0n) is 6.40. The highest BCUT2D eigenvalue weighted by atomic mass is 79.9. The van der Waals surface area contributed by atoms with Gasteiger partial charge in [0.15, 0.2) is 0 Å². The normalized spacial score (nSPS) is 10.0. The Bertz CT molecular complexity index is 262. The Labute approximate surface area is 83.6 Å². The maximum atomic E-state index is 12.9. The highest BCUT2D eigenvalue weighted by Crippen LogP contribution is 2.27. The number of hydrogen-bond acceptors (Lipinski definition) is 1. The van der Waals surface area contributed by atoms with Gasteiger partial charge in [0, 0.05) is 5.56 Å². The van der Waals surface area contributed by atoms with Crippen LogP contribution in [0.15, 0.2) is 16.6 Å². The van der Waals surface area contributed by atoms with E-state index in [-0.39, 0.29) is 11.7 Å². The van der Waals surface area contributed by atoms with Crippen LogP contribution in [-0.4, -0.2) is 7.11 Å². The molecule has 4 heteroatoms. The van der Waals surface area contributed by atoms with Crippen LogP contribution in [0.2, 0.25) is 0 Å². The van der Waals surface area contributed by atoms with E-state index in [1.165, 1.54) is 13.2 Å². The minimum absolute atomic E-state index is 0.243. The Morgan fingerprint density at radius 3 is 2.75 bits per heavy atom. The molecule has 0 bridgehead atoms. The maximum absolute atomic E-state index is 12.9. The van der Waals surface area contributed by atoms with E-state index in [1.807, 2.05) is 0 Å². The molecule has 0 aliphatic rings. The molecule has 0 aliphatic carbocycles. The van der Waals surface area contributed by atoms with Crippen LogP contribution in [-0.2, 0) is 5.88 Å². The molecule has 0 fully saturated rings. The molecule has 0 aromatic heterocycles. The van der Waals surface area contributed by atoms with Crippen LogP contribution >= 0.6 is 27.5 Å². The second-order valence-corrected chi connectivity index (χ2v) is 3.33. The van der Waals surface area contributed by atoms with Crippen LogP contribution in [0.1, 0.15) is 5.56 Å². The molecule has 1 nitrogen and oxygen atoms in total. The topological polar surface area (TPSA) is 9.23 Å². The molecule has 0 saturated heterocycles. The molecule has 0 amide bonds. The number of methoxy groups -OCH3 is 1. The number of hydrogen-bond donors (Lipinski definition) is 0. The van der Waals surface area contributed by atoms with Crippen molar-refractivity contribution in [2.75, 3.05) is 7.11 Å². The molecule has 0 saturated carbocycles. The summed E-state index contributed by atoms with van der Waals surface area (Å²) >= 11 is 8.63. The van der Waals surface area contributed by atoms with E-state index < -0.39 is 0 Å². The second-order valence-electron chi connectivity index (χ2n) is 2.21. The lowest BCUT2D eigenvalue weighted by atomic mass is 10.2. The monoisotopic (exact) mass is 252 g/mol. The fourth-order valence-corrected chi connectivity index (χ4v) is 1.40. The Morgan fingerprint density at radius 1 is 1.58 bits per heavy atom. The van der Waals surface area contributed by atoms with Crippen LogP contribution in [0.3, 0.4) is 0 Å². The summed E-state index contributed by atoms with van der Waals surface area (Å²) in [5.74, 6) is 0.512. The van der Waals surface area contributed by atoms with E-state index in [0.29, 0.717) is 15.8 Å². The van der Waals surface area contributed by atoms with E-state index in [0.717, 1.165) is 0 Å². The molecule has 0 N–H and O–H groups in total. The smallest absolute Gasteiger partial charge is 0.137 e. The zero-order valence-corrected chi connectivity index (χ0v) is 8.75. The fourth-order valence-electron chi connectivity index (χ4n) is 0.864. The standard InChI is InChI=1S/C8H7BrClFO/c1-12-8-3-6(9)7(11)2-5(8)4-10/h2-3H,4H2,1H3.